The average molecular weight is 440 g/mol. The van der Waals surface area contributed by atoms with Crippen LogP contribution in [0.3, 0.4) is 0 Å². The fraction of sp³-hybridized carbons (Fsp3) is 0.261. The number of nitrogens with two attached hydrogens (primary N) is 1. The number of furan rings is 1. The van der Waals surface area contributed by atoms with E-state index in [9.17, 15) is 4.79 Å². The van der Waals surface area contributed by atoms with E-state index < -0.39 is 6.03 Å². The maximum Gasteiger partial charge on any atom is 0.321 e. The van der Waals surface area contributed by atoms with Gasteiger partial charge in [0.05, 0.1) is 5.69 Å². The molecule has 9 heteroatoms. The summed E-state index contributed by atoms with van der Waals surface area (Å²) in [7, 11) is 1.00. The minimum absolute atomic E-state index is 0.0163. The molecule has 0 aliphatic rings. The number of ether oxygens (including phenoxy) is 1. The van der Waals surface area contributed by atoms with Gasteiger partial charge in [0.25, 0.3) is 0 Å². The number of hydrogen-bond donors (Lipinski definition) is 4. The molecular weight excluding hydrogens is 410 g/mol. The Labute approximate surface area is 187 Å². The number of pyridine rings is 1. The number of benzene rings is 1. The molecule has 32 heavy (non-hydrogen) atoms. The minimum Gasteiger partial charge on any atom is -0.459 e. The second kappa shape index (κ2) is 12.9. The molecular formula is C23H29N5O4. The van der Waals surface area contributed by atoms with Crippen molar-refractivity contribution < 1.29 is 19.1 Å². The van der Waals surface area contributed by atoms with Crippen LogP contribution in [-0.4, -0.2) is 42.3 Å². The number of hydrogen-bond acceptors (Lipinski definition) is 6. The first-order valence-corrected chi connectivity index (χ1v) is 10.2. The van der Waals surface area contributed by atoms with Crippen molar-refractivity contribution in [2.24, 2.45) is 10.7 Å². The Hall–Kier alpha value is -3.69. The highest BCUT2D eigenvalue weighted by atomic mass is 16.5. The van der Waals surface area contributed by atoms with E-state index in [0.717, 1.165) is 23.8 Å². The zero-order valence-electron chi connectivity index (χ0n) is 18.5. The number of nitrogens with zero attached hydrogens (tertiary/aromatic N) is 2. The number of carbonyl (C=O) groups is 1. The van der Waals surface area contributed by atoms with Crippen LogP contribution in [0.5, 0.6) is 0 Å². The molecule has 0 saturated carbocycles. The van der Waals surface area contributed by atoms with Crippen LogP contribution >= 0.6 is 0 Å². The number of aliphatic imine (C=N–C) groups is 1. The van der Waals surface area contributed by atoms with Crippen LogP contribution in [-0.2, 0) is 11.3 Å². The van der Waals surface area contributed by atoms with Crippen molar-refractivity contribution >= 4 is 17.7 Å². The Balaban J connectivity index is 0.00000176. The number of aromatic nitrogens is 1. The molecule has 2 heterocycles. The highest BCUT2D eigenvalue weighted by Gasteiger charge is 2.13. The van der Waals surface area contributed by atoms with Crippen LogP contribution in [0.15, 0.2) is 64.3 Å². The van der Waals surface area contributed by atoms with E-state index in [1.807, 2.05) is 56.3 Å². The largest absolute Gasteiger partial charge is 0.459 e. The summed E-state index contributed by atoms with van der Waals surface area (Å²) in [6.45, 7) is 5.22. The van der Waals surface area contributed by atoms with Gasteiger partial charge in [0.15, 0.2) is 0 Å². The van der Waals surface area contributed by atoms with Crippen molar-refractivity contribution in [3.05, 3.63) is 60.6 Å². The number of amides is 2. The molecule has 0 fully saturated rings. The predicted octanol–water partition coefficient (Wildman–Crippen LogP) is 3.42. The molecule has 0 bridgehead atoms. The number of rotatable bonds is 7. The van der Waals surface area contributed by atoms with Gasteiger partial charge in [-0.2, -0.15) is 0 Å². The zero-order valence-corrected chi connectivity index (χ0v) is 18.5. The van der Waals surface area contributed by atoms with E-state index in [1.54, 1.807) is 12.4 Å². The third-order valence-corrected chi connectivity index (χ3v) is 4.19. The first-order chi connectivity index (χ1) is 15.6. The second-order valence-corrected chi connectivity index (χ2v) is 6.36. The summed E-state index contributed by atoms with van der Waals surface area (Å²) in [5, 5.41) is 12.1. The van der Waals surface area contributed by atoms with Gasteiger partial charge in [-0.25, -0.2) is 9.79 Å². The Morgan fingerprint density at radius 3 is 2.69 bits per heavy atom. The average Bonchev–Trinajstić information content (AvgIpc) is 3.28. The normalized spacial score (nSPS) is 10.8. The molecule has 0 spiro atoms. The quantitative estimate of drug-likeness (QED) is 0.329. The first kappa shape index (κ1) is 24.6. The third kappa shape index (κ3) is 6.93. The lowest BCUT2D eigenvalue weighted by molar-refractivity contribution is 0.119. The highest BCUT2D eigenvalue weighted by molar-refractivity contribution is 5.97. The van der Waals surface area contributed by atoms with Crippen LogP contribution in [0, 0.1) is 0 Å². The fourth-order valence-corrected chi connectivity index (χ4v) is 2.83. The van der Waals surface area contributed by atoms with Gasteiger partial charge in [0, 0.05) is 43.8 Å². The van der Waals surface area contributed by atoms with Crippen LogP contribution in [0.4, 0.5) is 10.5 Å². The molecule has 0 unspecified atom stereocenters. The maximum atomic E-state index is 11.7. The number of guanidine groups is 1. The molecule has 5 N–H and O–H groups in total. The van der Waals surface area contributed by atoms with Crippen LogP contribution in [0.2, 0.25) is 0 Å². The summed E-state index contributed by atoms with van der Waals surface area (Å²) in [6.07, 6.45) is 3.51. The molecule has 3 rings (SSSR count). The lowest BCUT2D eigenvalue weighted by atomic mass is 10.0. The monoisotopic (exact) mass is 439 g/mol. The van der Waals surface area contributed by atoms with E-state index in [-0.39, 0.29) is 5.96 Å². The predicted molar refractivity (Wildman–Crippen MR) is 124 cm³/mol. The SMILES string of the molecule is CCNC(=O)NC(N)=Nc1ccc(-c2cccnc2)cc1-c1ccc(COCC)o1.CO. The van der Waals surface area contributed by atoms with Crippen LogP contribution in [0.1, 0.15) is 19.6 Å². The standard InChI is InChI=1S/C22H25N5O3.CH4O/c1-3-25-22(28)27-21(23)26-19-9-7-15(16-6-5-11-24-13-16)12-18(19)20-10-8-17(30-20)14-29-4-2;1-2/h5-13H,3-4,14H2,1-2H3,(H4,23,25,26,27,28);2H,1H3. The van der Waals surface area contributed by atoms with Crippen molar-refractivity contribution in [3.63, 3.8) is 0 Å². The molecule has 0 atom stereocenters. The summed E-state index contributed by atoms with van der Waals surface area (Å²) in [4.78, 5) is 20.3. The second-order valence-electron chi connectivity index (χ2n) is 6.36. The number of urea groups is 1. The summed E-state index contributed by atoms with van der Waals surface area (Å²) in [5.41, 5.74) is 9.14. The lowest BCUT2D eigenvalue weighted by Crippen LogP contribution is -2.43. The Kier molecular flexibility index (Phi) is 9.89. The molecule has 2 aromatic heterocycles. The van der Waals surface area contributed by atoms with Crippen LogP contribution in [0.25, 0.3) is 22.5 Å². The van der Waals surface area contributed by atoms with E-state index >= 15 is 0 Å². The van der Waals surface area contributed by atoms with Gasteiger partial charge in [0.2, 0.25) is 5.96 Å². The van der Waals surface area contributed by atoms with Gasteiger partial charge in [-0.15, -0.1) is 0 Å². The summed E-state index contributed by atoms with van der Waals surface area (Å²) in [6, 6.07) is 12.9. The number of nitrogens with one attached hydrogen (secondary N) is 2. The molecule has 9 nitrogen and oxygen atoms in total. The highest BCUT2D eigenvalue weighted by Crippen LogP contribution is 2.35. The Morgan fingerprint density at radius 2 is 2.00 bits per heavy atom. The van der Waals surface area contributed by atoms with Crippen molar-refractivity contribution in [2.45, 2.75) is 20.5 Å². The number of carbonyl (C=O) groups excluding carboxylic acids is 1. The molecule has 0 saturated heterocycles. The summed E-state index contributed by atoms with van der Waals surface area (Å²) in [5.74, 6) is 1.32. The molecule has 0 aliphatic heterocycles. The van der Waals surface area contributed by atoms with E-state index in [4.69, 9.17) is 20.0 Å². The van der Waals surface area contributed by atoms with Crippen molar-refractivity contribution in [1.29, 1.82) is 0 Å². The molecule has 0 radical (unpaired) electrons. The van der Waals surface area contributed by atoms with Gasteiger partial charge < -0.3 is 25.3 Å². The van der Waals surface area contributed by atoms with E-state index in [1.165, 1.54) is 0 Å². The van der Waals surface area contributed by atoms with Gasteiger partial charge in [-0.3, -0.25) is 10.3 Å². The fourth-order valence-electron chi connectivity index (χ4n) is 2.83. The van der Waals surface area contributed by atoms with Gasteiger partial charge in [-0.05, 0) is 49.7 Å². The topological polar surface area (TPSA) is 135 Å². The van der Waals surface area contributed by atoms with Crippen molar-refractivity contribution in [3.8, 4) is 22.5 Å². The van der Waals surface area contributed by atoms with Gasteiger partial charge in [0.1, 0.15) is 18.1 Å². The van der Waals surface area contributed by atoms with Crippen molar-refractivity contribution in [1.82, 2.24) is 15.6 Å². The Bertz CT molecular complexity index is 1020. The smallest absolute Gasteiger partial charge is 0.321 e. The molecule has 1 aromatic carbocycles. The molecule has 2 amide bonds. The van der Waals surface area contributed by atoms with Gasteiger partial charge >= 0.3 is 6.03 Å². The molecule has 3 aromatic rings. The molecule has 170 valence electrons. The summed E-state index contributed by atoms with van der Waals surface area (Å²) >= 11 is 0. The third-order valence-electron chi connectivity index (χ3n) is 4.19. The summed E-state index contributed by atoms with van der Waals surface area (Å²) < 4.78 is 11.4. The van der Waals surface area contributed by atoms with Crippen LogP contribution < -0.4 is 16.4 Å². The molecule has 0 aliphatic carbocycles. The number of aliphatic hydroxyl groups is 1. The van der Waals surface area contributed by atoms with Gasteiger partial charge in [-0.1, -0.05) is 12.1 Å². The van der Waals surface area contributed by atoms with E-state index in [0.29, 0.717) is 37.0 Å². The maximum absolute atomic E-state index is 11.7. The zero-order chi connectivity index (χ0) is 23.3. The first-order valence-electron chi connectivity index (χ1n) is 10.2. The number of aliphatic hydroxyl groups excluding tert-OH is 1. The lowest BCUT2D eigenvalue weighted by Gasteiger charge is -2.09. The minimum atomic E-state index is -0.413. The van der Waals surface area contributed by atoms with Crippen molar-refractivity contribution in [2.75, 3.05) is 20.3 Å². The van der Waals surface area contributed by atoms with E-state index in [2.05, 4.69) is 20.6 Å². The Morgan fingerprint density at radius 1 is 1.19 bits per heavy atom.